The minimum Gasteiger partial charge on any atom is -0.497 e. The van der Waals surface area contributed by atoms with E-state index in [0.29, 0.717) is 22.2 Å². The molecule has 3 atom stereocenters. The molecule has 2 aromatic carbocycles. The molecule has 2 bridgehead atoms. The minimum atomic E-state index is -3.67. The molecule has 3 aromatic rings. The van der Waals surface area contributed by atoms with Crippen molar-refractivity contribution in [2.24, 2.45) is 11.8 Å². The molecule has 0 amide bonds. The van der Waals surface area contributed by atoms with Gasteiger partial charge in [0.1, 0.15) is 14.3 Å². The van der Waals surface area contributed by atoms with E-state index >= 15 is 0 Å². The first-order valence-electron chi connectivity index (χ1n) is 11.9. The zero-order valence-electron chi connectivity index (χ0n) is 19.6. The number of fused-ring (bicyclic) bond motifs is 2. The van der Waals surface area contributed by atoms with E-state index in [9.17, 15) is 8.42 Å². The van der Waals surface area contributed by atoms with Crippen LogP contribution in [0.15, 0.2) is 64.9 Å². The Balaban J connectivity index is 1.21. The van der Waals surface area contributed by atoms with Crippen LogP contribution in [0.2, 0.25) is 4.34 Å². The van der Waals surface area contributed by atoms with Crippen molar-refractivity contribution in [3.05, 3.63) is 76.1 Å². The molecule has 2 heterocycles. The Morgan fingerprint density at radius 3 is 2.37 bits per heavy atom. The third-order valence-corrected chi connectivity index (χ3v) is 10.3. The van der Waals surface area contributed by atoms with Crippen molar-refractivity contribution in [1.29, 1.82) is 0 Å². The van der Waals surface area contributed by atoms with Crippen molar-refractivity contribution in [2.75, 3.05) is 25.5 Å². The number of hydrogen-bond donors (Lipinski definition) is 2. The van der Waals surface area contributed by atoms with Crippen molar-refractivity contribution >= 4 is 38.6 Å². The average molecular weight is 532 g/mol. The third-order valence-electron chi connectivity index (χ3n) is 7.03. The fraction of sp³-hybridized carbons (Fsp3) is 0.385. The van der Waals surface area contributed by atoms with Crippen LogP contribution in [0.25, 0.3) is 0 Å². The number of benzene rings is 2. The summed E-state index contributed by atoms with van der Waals surface area (Å²) in [6.07, 6.45) is 2.37. The summed E-state index contributed by atoms with van der Waals surface area (Å²) < 4.78 is 34.4. The highest BCUT2D eigenvalue weighted by Crippen LogP contribution is 2.42. The fourth-order valence-corrected chi connectivity index (χ4v) is 7.99. The van der Waals surface area contributed by atoms with Gasteiger partial charge in [-0.2, -0.15) is 0 Å². The number of anilines is 1. The maximum Gasteiger partial charge on any atom is 0.250 e. The molecule has 2 N–H and O–H groups in total. The van der Waals surface area contributed by atoms with E-state index in [1.807, 2.05) is 24.3 Å². The number of likely N-dealkylation sites (tertiary alicyclic amines) is 1. The van der Waals surface area contributed by atoms with Crippen LogP contribution in [0.1, 0.15) is 24.0 Å². The van der Waals surface area contributed by atoms with Gasteiger partial charge in [0.15, 0.2) is 0 Å². The topological polar surface area (TPSA) is 70.7 Å². The molecule has 1 aromatic heterocycles. The van der Waals surface area contributed by atoms with Gasteiger partial charge >= 0.3 is 0 Å². The Labute approximate surface area is 216 Å². The molecular weight excluding hydrogens is 502 g/mol. The Morgan fingerprint density at radius 1 is 1.03 bits per heavy atom. The highest BCUT2D eigenvalue weighted by molar-refractivity contribution is 7.91. The summed E-state index contributed by atoms with van der Waals surface area (Å²) in [6.45, 7) is 3.26. The monoisotopic (exact) mass is 531 g/mol. The highest BCUT2D eigenvalue weighted by Gasteiger charge is 2.42. The van der Waals surface area contributed by atoms with Crippen LogP contribution in [0.4, 0.5) is 5.69 Å². The number of rotatable bonds is 9. The van der Waals surface area contributed by atoms with E-state index in [1.54, 1.807) is 13.2 Å². The van der Waals surface area contributed by atoms with Crippen molar-refractivity contribution in [1.82, 2.24) is 9.62 Å². The van der Waals surface area contributed by atoms with Gasteiger partial charge in [0.05, 0.1) is 12.8 Å². The largest absolute Gasteiger partial charge is 0.497 e. The molecule has 9 heteroatoms. The van der Waals surface area contributed by atoms with E-state index < -0.39 is 10.0 Å². The molecule has 186 valence electrons. The van der Waals surface area contributed by atoms with Crippen molar-refractivity contribution < 1.29 is 13.2 Å². The molecule has 1 aliphatic heterocycles. The molecule has 2 aliphatic rings. The molecule has 2 fully saturated rings. The summed E-state index contributed by atoms with van der Waals surface area (Å²) in [5, 5.41) is 3.62. The maximum atomic E-state index is 12.9. The molecular formula is C26H30ClN3O3S2. The maximum absolute atomic E-state index is 12.9. The predicted octanol–water partition coefficient (Wildman–Crippen LogP) is 5.21. The molecule has 6 nitrogen and oxygen atoms in total. The van der Waals surface area contributed by atoms with E-state index in [4.69, 9.17) is 16.3 Å². The Bertz CT molecular complexity index is 1230. The van der Waals surface area contributed by atoms with Crippen LogP contribution >= 0.6 is 22.9 Å². The molecule has 0 radical (unpaired) electrons. The Morgan fingerprint density at radius 2 is 1.71 bits per heavy atom. The van der Waals surface area contributed by atoms with E-state index in [2.05, 4.69) is 45.3 Å². The SMILES string of the molecule is COc1ccc(CNS(=O)(=O)c2cc(NC3[C@@H]4CC[C@H]3CN(Cc3ccccc3)C4)c(Cl)s2)cc1. The van der Waals surface area contributed by atoms with E-state index in [1.165, 1.54) is 18.4 Å². The van der Waals surface area contributed by atoms with Crippen molar-refractivity contribution in [2.45, 2.75) is 36.2 Å². The molecule has 5 rings (SSSR count). The summed E-state index contributed by atoms with van der Waals surface area (Å²) in [5.74, 6) is 1.79. The number of halogens is 1. The van der Waals surface area contributed by atoms with Gasteiger partial charge in [0.25, 0.3) is 0 Å². The van der Waals surface area contributed by atoms with Crippen LogP contribution in [-0.4, -0.2) is 39.6 Å². The van der Waals surface area contributed by atoms with Crippen LogP contribution in [0.3, 0.4) is 0 Å². The standard InChI is InChI=1S/C26H30ClN3O3S2/c1-33-22-11-7-18(8-12-22)14-28-35(31,32)24-13-23(26(27)34-24)29-25-20-9-10-21(25)17-30(16-20)15-19-5-3-2-4-6-19/h2-8,11-13,20-21,25,28-29H,9-10,14-17H2,1H3/t20-,21+,25?. The second-order valence-corrected chi connectivity index (χ2v) is 13.0. The molecule has 1 unspecified atom stereocenters. The van der Waals surface area contributed by atoms with Gasteiger partial charge in [-0.15, -0.1) is 11.3 Å². The van der Waals surface area contributed by atoms with Gasteiger partial charge in [-0.3, -0.25) is 4.90 Å². The van der Waals surface area contributed by atoms with Crippen molar-refractivity contribution in [3.8, 4) is 5.75 Å². The van der Waals surface area contributed by atoms with Gasteiger partial charge in [-0.1, -0.05) is 54.1 Å². The zero-order valence-corrected chi connectivity index (χ0v) is 22.0. The number of nitrogens with one attached hydrogen (secondary N) is 2. The lowest BCUT2D eigenvalue weighted by atomic mass is 9.91. The smallest absolute Gasteiger partial charge is 0.250 e. The van der Waals surface area contributed by atoms with Crippen LogP contribution < -0.4 is 14.8 Å². The molecule has 0 spiro atoms. The first kappa shape index (κ1) is 24.6. The fourth-order valence-electron chi connectivity index (χ4n) is 5.28. The number of methoxy groups -OCH3 is 1. The first-order chi connectivity index (χ1) is 16.9. The summed E-state index contributed by atoms with van der Waals surface area (Å²) in [7, 11) is -2.07. The van der Waals surface area contributed by atoms with Crippen LogP contribution in [0.5, 0.6) is 5.75 Å². The first-order valence-corrected chi connectivity index (χ1v) is 14.5. The van der Waals surface area contributed by atoms with Gasteiger partial charge in [0, 0.05) is 32.2 Å². The number of ether oxygens (including phenoxy) is 1. The summed E-state index contributed by atoms with van der Waals surface area (Å²) in [6, 6.07) is 19.9. The molecule has 35 heavy (non-hydrogen) atoms. The highest BCUT2D eigenvalue weighted by atomic mass is 35.5. The van der Waals surface area contributed by atoms with Gasteiger partial charge in [-0.25, -0.2) is 13.1 Å². The lowest BCUT2D eigenvalue weighted by Crippen LogP contribution is -2.47. The Hall–Kier alpha value is -2.10. The van der Waals surface area contributed by atoms with Gasteiger partial charge in [-0.05, 0) is 54.0 Å². The number of nitrogens with zero attached hydrogens (tertiary/aromatic N) is 1. The summed E-state index contributed by atoms with van der Waals surface area (Å²) in [4.78, 5) is 2.55. The normalized spacial score (nSPS) is 22.3. The third kappa shape index (κ3) is 5.67. The second kappa shape index (κ2) is 10.5. The lowest BCUT2D eigenvalue weighted by molar-refractivity contribution is 0.148. The van der Waals surface area contributed by atoms with Gasteiger partial charge in [0.2, 0.25) is 10.0 Å². The molecule has 1 saturated heterocycles. The summed E-state index contributed by atoms with van der Waals surface area (Å²) in [5.41, 5.74) is 2.92. The minimum absolute atomic E-state index is 0.203. The average Bonchev–Trinajstić information content (AvgIpc) is 3.35. The van der Waals surface area contributed by atoms with Crippen LogP contribution in [0, 0.1) is 11.8 Å². The number of hydrogen-bond acceptors (Lipinski definition) is 6. The quantitative estimate of drug-likeness (QED) is 0.396. The Kier molecular flexibility index (Phi) is 7.37. The van der Waals surface area contributed by atoms with E-state index in [0.717, 1.165) is 48.0 Å². The predicted molar refractivity (Wildman–Crippen MR) is 142 cm³/mol. The second-order valence-electron chi connectivity index (χ2n) is 9.37. The number of thiophene rings is 1. The van der Waals surface area contributed by atoms with Crippen molar-refractivity contribution in [3.63, 3.8) is 0 Å². The number of sulfonamides is 1. The molecule has 1 saturated carbocycles. The van der Waals surface area contributed by atoms with E-state index in [-0.39, 0.29) is 10.8 Å². The number of piperidine rings is 1. The van der Waals surface area contributed by atoms with Gasteiger partial charge < -0.3 is 10.1 Å². The summed E-state index contributed by atoms with van der Waals surface area (Å²) >= 11 is 7.61. The van der Waals surface area contributed by atoms with Crippen LogP contribution in [-0.2, 0) is 23.1 Å². The zero-order chi connectivity index (χ0) is 24.4. The molecule has 1 aliphatic carbocycles. The lowest BCUT2D eigenvalue weighted by Gasteiger charge is -2.38.